The number of allylic oxidation sites excluding steroid dienone is 1. The van der Waals surface area contributed by atoms with E-state index in [1.165, 1.54) is 7.05 Å². The highest BCUT2D eigenvalue weighted by molar-refractivity contribution is 6.42. The van der Waals surface area contributed by atoms with E-state index < -0.39 is 11.3 Å². The standard InChI is InChI=1S/C18H27N5O2/c1-11(2)15-20-13(12-10-22(7)8-9-23(12)15)16(24)21-14(17(25)19-6)18(3,4)5/h1,8-10H2,2-7H3,(H,19,25). The van der Waals surface area contributed by atoms with Gasteiger partial charge in [0.15, 0.2) is 5.69 Å². The predicted molar refractivity (Wildman–Crippen MR) is 98.6 cm³/mol. The number of likely N-dealkylation sites (N-methyl/N-ethyl adjacent to an activating group) is 1. The lowest BCUT2D eigenvalue weighted by atomic mass is 9.89. The van der Waals surface area contributed by atoms with E-state index in [-0.39, 0.29) is 11.6 Å². The highest BCUT2D eigenvalue weighted by Gasteiger charge is 2.30. The first-order chi connectivity index (χ1) is 11.6. The Hall–Kier alpha value is -2.28. The van der Waals surface area contributed by atoms with Crippen LogP contribution in [0.1, 0.15) is 49.7 Å². The fraction of sp³-hybridized carbons (Fsp3) is 0.556. The first-order valence-corrected chi connectivity index (χ1v) is 8.35. The first kappa shape index (κ1) is 19.1. The minimum atomic E-state index is -0.552. The van der Waals surface area contributed by atoms with Gasteiger partial charge >= 0.3 is 0 Å². The zero-order valence-corrected chi connectivity index (χ0v) is 15.9. The number of carbonyl (C=O) groups excluding carboxylic acids is 2. The summed E-state index contributed by atoms with van der Waals surface area (Å²) < 4.78 is 2.03. The molecule has 7 heteroatoms. The molecule has 0 radical (unpaired) electrons. The molecule has 0 aromatic carbocycles. The minimum absolute atomic E-state index is 0.197. The highest BCUT2D eigenvalue weighted by atomic mass is 16.2. The lowest BCUT2D eigenvalue weighted by molar-refractivity contribution is -0.114. The van der Waals surface area contributed by atoms with E-state index in [0.717, 1.165) is 24.4 Å². The maximum atomic E-state index is 12.8. The Labute approximate surface area is 148 Å². The second kappa shape index (κ2) is 6.92. The molecule has 7 nitrogen and oxygen atoms in total. The molecule has 0 saturated carbocycles. The second-order valence-electron chi connectivity index (χ2n) is 7.50. The summed E-state index contributed by atoms with van der Waals surface area (Å²) in [4.78, 5) is 35.7. The first-order valence-electron chi connectivity index (χ1n) is 8.35. The number of nitrogens with zero attached hydrogens (tertiary/aromatic N) is 4. The molecule has 1 aromatic heterocycles. The van der Waals surface area contributed by atoms with Crippen molar-refractivity contribution in [2.75, 3.05) is 20.6 Å². The third-order valence-electron chi connectivity index (χ3n) is 4.15. The van der Waals surface area contributed by atoms with Gasteiger partial charge in [-0.2, -0.15) is 0 Å². The van der Waals surface area contributed by atoms with Crippen LogP contribution in [0, 0.1) is 5.41 Å². The number of amides is 2. The molecule has 2 amide bonds. The van der Waals surface area contributed by atoms with Crippen LogP contribution in [-0.2, 0) is 17.9 Å². The van der Waals surface area contributed by atoms with Gasteiger partial charge in [0.05, 0.1) is 5.69 Å². The third kappa shape index (κ3) is 3.87. The van der Waals surface area contributed by atoms with Crippen LogP contribution < -0.4 is 5.32 Å². The van der Waals surface area contributed by atoms with Crippen LogP contribution in [0.3, 0.4) is 0 Å². The third-order valence-corrected chi connectivity index (χ3v) is 4.15. The Bertz CT molecular complexity index is 752. The number of hydrogen-bond donors (Lipinski definition) is 1. The SMILES string of the molecule is C=C(C)c1nc(C(=O)N=C(C(=O)NC)C(C)(C)C)c2n1CCN(C)C2. The van der Waals surface area contributed by atoms with Crippen LogP contribution >= 0.6 is 0 Å². The molecule has 0 atom stereocenters. The van der Waals surface area contributed by atoms with Crippen LogP contribution in [0.5, 0.6) is 0 Å². The summed E-state index contributed by atoms with van der Waals surface area (Å²) in [6.45, 7) is 13.6. The van der Waals surface area contributed by atoms with Crippen molar-refractivity contribution in [3.63, 3.8) is 0 Å². The van der Waals surface area contributed by atoms with Gasteiger partial charge in [0.2, 0.25) is 0 Å². The fourth-order valence-electron chi connectivity index (χ4n) is 2.82. The van der Waals surface area contributed by atoms with Crippen molar-refractivity contribution >= 4 is 23.1 Å². The van der Waals surface area contributed by atoms with Crippen molar-refractivity contribution in [1.29, 1.82) is 0 Å². The molecule has 0 spiro atoms. The maximum Gasteiger partial charge on any atom is 0.297 e. The van der Waals surface area contributed by atoms with E-state index in [0.29, 0.717) is 18.1 Å². The van der Waals surface area contributed by atoms with E-state index in [4.69, 9.17) is 0 Å². The van der Waals surface area contributed by atoms with Crippen molar-refractivity contribution in [2.45, 2.75) is 40.8 Å². The predicted octanol–water partition coefficient (Wildman–Crippen LogP) is 1.73. The number of aliphatic imine (C=N–C) groups is 1. The topological polar surface area (TPSA) is 79.6 Å². The molecule has 2 heterocycles. The smallest absolute Gasteiger partial charge is 0.297 e. The Morgan fingerprint density at radius 2 is 1.92 bits per heavy atom. The maximum absolute atomic E-state index is 12.8. The van der Waals surface area contributed by atoms with E-state index in [2.05, 4.69) is 26.8 Å². The lowest BCUT2D eigenvalue weighted by Crippen LogP contribution is -2.37. The van der Waals surface area contributed by atoms with Crippen molar-refractivity contribution < 1.29 is 9.59 Å². The molecule has 1 N–H and O–H groups in total. The number of fused-ring (bicyclic) bond motifs is 1. The monoisotopic (exact) mass is 345 g/mol. The molecular weight excluding hydrogens is 318 g/mol. The van der Waals surface area contributed by atoms with E-state index in [9.17, 15) is 9.59 Å². The normalized spacial score (nSPS) is 15.7. The largest absolute Gasteiger partial charge is 0.354 e. The van der Waals surface area contributed by atoms with E-state index >= 15 is 0 Å². The molecular formula is C18H27N5O2. The zero-order valence-electron chi connectivity index (χ0n) is 15.9. The molecule has 0 bridgehead atoms. The summed E-state index contributed by atoms with van der Waals surface area (Å²) in [6.07, 6.45) is 0. The van der Waals surface area contributed by atoms with Crippen LogP contribution in [0.2, 0.25) is 0 Å². The second-order valence-corrected chi connectivity index (χ2v) is 7.50. The molecule has 1 aromatic rings. The van der Waals surface area contributed by atoms with Gasteiger partial charge in [-0.25, -0.2) is 9.98 Å². The van der Waals surface area contributed by atoms with Gasteiger partial charge < -0.3 is 9.88 Å². The van der Waals surface area contributed by atoms with Crippen LogP contribution in [0.25, 0.3) is 5.57 Å². The van der Waals surface area contributed by atoms with Crippen molar-refractivity contribution in [3.8, 4) is 0 Å². The summed E-state index contributed by atoms with van der Waals surface area (Å²) in [5.74, 6) is -0.134. The molecule has 136 valence electrons. The molecule has 0 fully saturated rings. The summed E-state index contributed by atoms with van der Waals surface area (Å²) in [5.41, 5.74) is 1.57. The molecule has 1 aliphatic rings. The molecule has 0 unspecified atom stereocenters. The molecule has 25 heavy (non-hydrogen) atoms. The quantitative estimate of drug-likeness (QED) is 0.846. The summed E-state index contributed by atoms with van der Waals surface area (Å²) in [6, 6.07) is 0. The molecule has 0 aliphatic carbocycles. The van der Waals surface area contributed by atoms with Gasteiger partial charge in [-0.15, -0.1) is 0 Å². The number of nitrogens with one attached hydrogen (secondary N) is 1. The average Bonchev–Trinajstić information content (AvgIpc) is 2.89. The Morgan fingerprint density at radius 1 is 1.28 bits per heavy atom. The number of imidazole rings is 1. The highest BCUT2D eigenvalue weighted by Crippen LogP contribution is 2.24. The number of aromatic nitrogens is 2. The molecule has 1 aliphatic heterocycles. The van der Waals surface area contributed by atoms with Crippen molar-refractivity contribution in [1.82, 2.24) is 19.8 Å². The van der Waals surface area contributed by atoms with E-state index in [1.54, 1.807) is 0 Å². The molecule has 0 saturated heterocycles. The van der Waals surface area contributed by atoms with Gasteiger partial charge in [-0.3, -0.25) is 14.5 Å². The van der Waals surface area contributed by atoms with Gasteiger partial charge in [0.25, 0.3) is 11.8 Å². The summed E-state index contributed by atoms with van der Waals surface area (Å²) >= 11 is 0. The van der Waals surface area contributed by atoms with Crippen molar-refractivity contribution in [3.05, 3.63) is 23.8 Å². The Morgan fingerprint density at radius 3 is 2.44 bits per heavy atom. The van der Waals surface area contributed by atoms with Crippen LogP contribution in [-0.4, -0.2) is 52.6 Å². The summed E-state index contributed by atoms with van der Waals surface area (Å²) in [7, 11) is 3.53. The van der Waals surface area contributed by atoms with Gasteiger partial charge in [0.1, 0.15) is 11.5 Å². The van der Waals surface area contributed by atoms with Crippen LogP contribution in [0.4, 0.5) is 0 Å². The lowest BCUT2D eigenvalue weighted by Gasteiger charge is -2.25. The van der Waals surface area contributed by atoms with Crippen LogP contribution in [0.15, 0.2) is 11.6 Å². The number of hydrogen-bond acceptors (Lipinski definition) is 4. The average molecular weight is 345 g/mol. The van der Waals surface area contributed by atoms with Crippen molar-refractivity contribution in [2.24, 2.45) is 10.4 Å². The number of carbonyl (C=O) groups is 2. The fourth-order valence-corrected chi connectivity index (χ4v) is 2.82. The number of rotatable bonds is 3. The van der Waals surface area contributed by atoms with Gasteiger partial charge in [-0.05, 0) is 19.5 Å². The Kier molecular flexibility index (Phi) is 5.27. The molecule has 2 rings (SSSR count). The summed E-state index contributed by atoms with van der Waals surface area (Å²) in [5, 5.41) is 2.55. The van der Waals surface area contributed by atoms with Gasteiger partial charge in [-0.1, -0.05) is 27.4 Å². The zero-order chi connectivity index (χ0) is 18.9. The Balaban J connectivity index is 2.54. The van der Waals surface area contributed by atoms with Gasteiger partial charge in [0, 0.05) is 32.1 Å². The minimum Gasteiger partial charge on any atom is -0.354 e. The van der Waals surface area contributed by atoms with E-state index in [1.807, 2.05) is 39.3 Å².